The van der Waals surface area contributed by atoms with E-state index in [2.05, 4.69) is 18.6 Å². The Labute approximate surface area is 128 Å². The summed E-state index contributed by atoms with van der Waals surface area (Å²) in [6.45, 7) is 7.76. The van der Waals surface area contributed by atoms with Gasteiger partial charge in [0.25, 0.3) is 0 Å². The molecule has 0 heterocycles. The molecule has 0 aromatic heterocycles. The van der Waals surface area contributed by atoms with E-state index in [0.717, 1.165) is 12.0 Å². The van der Waals surface area contributed by atoms with Crippen molar-refractivity contribution in [3.05, 3.63) is 29.8 Å². The highest BCUT2D eigenvalue weighted by atomic mass is 32.2. The van der Waals surface area contributed by atoms with Gasteiger partial charge in [-0.05, 0) is 42.9 Å². The largest absolute Gasteiger partial charge is 0.394 e. The Morgan fingerprint density at radius 3 is 2.05 bits per heavy atom. The van der Waals surface area contributed by atoms with Gasteiger partial charge in [-0.2, -0.15) is 0 Å². The summed E-state index contributed by atoms with van der Waals surface area (Å²) >= 11 is 0. The van der Waals surface area contributed by atoms with E-state index in [1.54, 1.807) is 12.1 Å². The van der Waals surface area contributed by atoms with E-state index in [0.29, 0.717) is 18.8 Å². The SMILES string of the molecule is CCC(C)c1ccc(S(=O)(=O)NC(CC)(CC)CO)cc1. The molecule has 2 N–H and O–H groups in total. The Morgan fingerprint density at radius 1 is 1.14 bits per heavy atom. The molecule has 1 unspecified atom stereocenters. The molecule has 21 heavy (non-hydrogen) atoms. The van der Waals surface area contributed by atoms with Gasteiger partial charge in [-0.15, -0.1) is 0 Å². The number of aliphatic hydroxyl groups excluding tert-OH is 1. The van der Waals surface area contributed by atoms with Crippen molar-refractivity contribution in [3.8, 4) is 0 Å². The topological polar surface area (TPSA) is 66.4 Å². The standard InChI is InChI=1S/C16H27NO3S/c1-5-13(4)14-8-10-15(11-9-14)21(19,20)17-16(6-2,7-3)12-18/h8-11,13,17-18H,5-7,12H2,1-4H3. The predicted octanol–water partition coefficient (Wildman–Crippen LogP) is 3.03. The Morgan fingerprint density at radius 2 is 1.67 bits per heavy atom. The highest BCUT2D eigenvalue weighted by Gasteiger charge is 2.31. The minimum Gasteiger partial charge on any atom is -0.394 e. The Hall–Kier alpha value is -0.910. The molecule has 0 fully saturated rings. The molecule has 1 rings (SSSR count). The first-order chi connectivity index (χ1) is 9.84. The predicted molar refractivity (Wildman–Crippen MR) is 85.9 cm³/mol. The van der Waals surface area contributed by atoms with Crippen LogP contribution in [0.5, 0.6) is 0 Å². The lowest BCUT2D eigenvalue weighted by molar-refractivity contribution is 0.172. The molecule has 1 atom stereocenters. The van der Waals surface area contributed by atoms with Gasteiger partial charge in [-0.3, -0.25) is 0 Å². The lowest BCUT2D eigenvalue weighted by atomic mass is 9.96. The van der Waals surface area contributed by atoms with E-state index in [1.807, 2.05) is 26.0 Å². The number of aliphatic hydroxyl groups is 1. The number of nitrogens with one attached hydrogen (secondary N) is 1. The smallest absolute Gasteiger partial charge is 0.241 e. The molecule has 0 bridgehead atoms. The third-order valence-electron chi connectivity index (χ3n) is 4.38. The summed E-state index contributed by atoms with van der Waals surface area (Å²) in [5, 5.41) is 9.51. The van der Waals surface area contributed by atoms with Crippen LogP contribution in [0, 0.1) is 0 Å². The lowest BCUT2D eigenvalue weighted by Crippen LogP contribution is -2.50. The summed E-state index contributed by atoms with van der Waals surface area (Å²) in [5.74, 6) is 0.414. The summed E-state index contributed by atoms with van der Waals surface area (Å²) in [6, 6.07) is 7.00. The first kappa shape index (κ1) is 18.1. The quantitative estimate of drug-likeness (QED) is 0.775. The van der Waals surface area contributed by atoms with Crippen LogP contribution in [0.1, 0.15) is 58.4 Å². The average molecular weight is 313 g/mol. The zero-order valence-corrected chi connectivity index (χ0v) is 14.2. The molecule has 5 heteroatoms. The van der Waals surface area contributed by atoms with Crippen LogP contribution >= 0.6 is 0 Å². The Bertz CT molecular complexity index is 525. The monoisotopic (exact) mass is 313 g/mol. The van der Waals surface area contributed by atoms with E-state index in [4.69, 9.17) is 0 Å². The van der Waals surface area contributed by atoms with Crippen LogP contribution in [0.15, 0.2) is 29.2 Å². The molecule has 1 aromatic rings. The summed E-state index contributed by atoms with van der Waals surface area (Å²) < 4.78 is 27.6. The molecule has 0 spiro atoms. The Balaban J connectivity index is 3.03. The van der Waals surface area contributed by atoms with Gasteiger partial charge in [0.1, 0.15) is 0 Å². The van der Waals surface area contributed by atoms with Crippen molar-refractivity contribution in [1.82, 2.24) is 4.72 Å². The third kappa shape index (κ3) is 4.28. The summed E-state index contributed by atoms with van der Waals surface area (Å²) in [4.78, 5) is 0.245. The molecule has 4 nitrogen and oxygen atoms in total. The van der Waals surface area contributed by atoms with Crippen molar-refractivity contribution >= 4 is 10.0 Å². The molecule has 0 saturated carbocycles. The molecule has 0 radical (unpaired) electrons. The molecule has 120 valence electrons. The molecule has 1 aromatic carbocycles. The van der Waals surface area contributed by atoms with Crippen LogP contribution < -0.4 is 4.72 Å². The van der Waals surface area contributed by atoms with E-state index in [-0.39, 0.29) is 11.5 Å². The van der Waals surface area contributed by atoms with Gasteiger partial charge in [0.15, 0.2) is 0 Å². The number of hydrogen-bond donors (Lipinski definition) is 2. The fraction of sp³-hybridized carbons (Fsp3) is 0.625. The van der Waals surface area contributed by atoms with Crippen LogP contribution in [-0.2, 0) is 10.0 Å². The molecular formula is C16H27NO3S. The number of sulfonamides is 1. The van der Waals surface area contributed by atoms with Crippen molar-refractivity contribution in [2.75, 3.05) is 6.61 Å². The second-order valence-electron chi connectivity index (χ2n) is 5.63. The molecular weight excluding hydrogens is 286 g/mol. The molecule has 0 aliphatic heterocycles. The van der Waals surface area contributed by atoms with E-state index in [1.165, 1.54) is 0 Å². The van der Waals surface area contributed by atoms with E-state index in [9.17, 15) is 13.5 Å². The maximum absolute atomic E-state index is 12.5. The fourth-order valence-corrected chi connectivity index (χ4v) is 3.74. The van der Waals surface area contributed by atoms with Gasteiger partial charge >= 0.3 is 0 Å². The zero-order chi connectivity index (χ0) is 16.1. The van der Waals surface area contributed by atoms with Gasteiger partial charge in [-0.1, -0.05) is 39.8 Å². The summed E-state index contributed by atoms with van der Waals surface area (Å²) in [5.41, 5.74) is 0.352. The molecule has 0 saturated heterocycles. The minimum atomic E-state index is -3.61. The van der Waals surface area contributed by atoms with Crippen molar-refractivity contribution in [1.29, 1.82) is 0 Å². The first-order valence-electron chi connectivity index (χ1n) is 7.59. The number of rotatable bonds is 8. The van der Waals surface area contributed by atoms with Crippen LogP contribution in [-0.4, -0.2) is 25.7 Å². The maximum Gasteiger partial charge on any atom is 0.241 e. The minimum absolute atomic E-state index is 0.204. The maximum atomic E-state index is 12.5. The zero-order valence-electron chi connectivity index (χ0n) is 13.4. The molecule has 0 aliphatic rings. The van der Waals surface area contributed by atoms with Gasteiger partial charge in [-0.25, -0.2) is 13.1 Å². The summed E-state index contributed by atoms with van der Waals surface area (Å²) in [7, 11) is -3.61. The van der Waals surface area contributed by atoms with Gasteiger partial charge in [0, 0.05) is 0 Å². The van der Waals surface area contributed by atoms with Crippen LogP contribution in [0.2, 0.25) is 0 Å². The van der Waals surface area contributed by atoms with Gasteiger partial charge < -0.3 is 5.11 Å². The first-order valence-corrected chi connectivity index (χ1v) is 9.07. The number of benzene rings is 1. The lowest BCUT2D eigenvalue weighted by Gasteiger charge is -2.30. The third-order valence-corrected chi connectivity index (χ3v) is 5.97. The van der Waals surface area contributed by atoms with E-state index >= 15 is 0 Å². The van der Waals surface area contributed by atoms with Crippen LogP contribution in [0.4, 0.5) is 0 Å². The van der Waals surface area contributed by atoms with Crippen molar-refractivity contribution in [2.24, 2.45) is 0 Å². The second-order valence-corrected chi connectivity index (χ2v) is 7.31. The fourth-order valence-electron chi connectivity index (χ4n) is 2.21. The van der Waals surface area contributed by atoms with Crippen LogP contribution in [0.25, 0.3) is 0 Å². The average Bonchev–Trinajstić information content (AvgIpc) is 2.52. The van der Waals surface area contributed by atoms with Crippen molar-refractivity contribution < 1.29 is 13.5 Å². The highest BCUT2D eigenvalue weighted by molar-refractivity contribution is 7.89. The molecule has 0 aliphatic carbocycles. The van der Waals surface area contributed by atoms with Crippen molar-refractivity contribution in [3.63, 3.8) is 0 Å². The molecule has 0 amide bonds. The highest BCUT2D eigenvalue weighted by Crippen LogP contribution is 2.22. The van der Waals surface area contributed by atoms with Crippen molar-refractivity contribution in [2.45, 2.75) is 63.3 Å². The van der Waals surface area contributed by atoms with Crippen LogP contribution in [0.3, 0.4) is 0 Å². The van der Waals surface area contributed by atoms with Gasteiger partial charge in [0.05, 0.1) is 17.0 Å². The number of hydrogen-bond acceptors (Lipinski definition) is 3. The van der Waals surface area contributed by atoms with Gasteiger partial charge in [0.2, 0.25) is 10.0 Å². The normalized spacial score (nSPS) is 14.1. The summed E-state index contributed by atoms with van der Waals surface area (Å²) in [6.07, 6.45) is 2.11. The van der Waals surface area contributed by atoms with E-state index < -0.39 is 15.6 Å². The Kier molecular flexibility index (Phi) is 6.38. The second kappa shape index (κ2) is 7.38.